The Kier molecular flexibility index (Phi) is 6.03. The molecule has 0 aliphatic rings. The van der Waals surface area contributed by atoms with E-state index in [1.54, 1.807) is 18.2 Å². The second-order valence-corrected chi connectivity index (χ2v) is 7.88. The van der Waals surface area contributed by atoms with Crippen molar-refractivity contribution in [2.45, 2.75) is 0 Å². The predicted octanol–water partition coefficient (Wildman–Crippen LogP) is 1.57. The third kappa shape index (κ3) is 4.90. The first-order valence-electron chi connectivity index (χ1n) is 5.37. The summed E-state index contributed by atoms with van der Waals surface area (Å²) in [5.41, 5.74) is 0.440. The molecule has 1 aromatic rings. The van der Waals surface area contributed by atoms with Crippen molar-refractivity contribution < 1.29 is 13.2 Å². The van der Waals surface area contributed by atoms with Gasteiger partial charge < -0.3 is 5.32 Å². The van der Waals surface area contributed by atoms with Crippen molar-refractivity contribution in [3.05, 3.63) is 32.4 Å². The molecule has 1 rings (SSSR count). The maximum Gasteiger partial charge on any atom is 0.252 e. The van der Waals surface area contributed by atoms with Crippen LogP contribution in [0.4, 0.5) is 0 Å². The van der Waals surface area contributed by atoms with E-state index in [1.807, 2.05) is 22.6 Å². The van der Waals surface area contributed by atoms with Crippen LogP contribution >= 0.6 is 34.2 Å². The van der Waals surface area contributed by atoms with Crippen molar-refractivity contribution in [3.8, 4) is 0 Å². The van der Waals surface area contributed by atoms with Crippen LogP contribution in [0.15, 0.2) is 18.2 Å². The number of nitrogens with one attached hydrogen (secondary N) is 1. The fourth-order valence-electron chi connectivity index (χ4n) is 1.24. The molecule has 8 heteroatoms. The van der Waals surface area contributed by atoms with Gasteiger partial charge >= 0.3 is 0 Å². The zero-order valence-electron chi connectivity index (χ0n) is 10.5. The van der Waals surface area contributed by atoms with E-state index in [2.05, 4.69) is 5.32 Å². The number of carbonyl (C=O) groups is 1. The summed E-state index contributed by atoms with van der Waals surface area (Å²) in [4.78, 5) is 11.9. The SMILES string of the molecule is CN(C)S(=O)(=O)CCNC(=O)c1cc(Cl)ccc1I. The molecule has 1 aromatic carbocycles. The van der Waals surface area contributed by atoms with Crippen molar-refractivity contribution in [1.29, 1.82) is 0 Å². The van der Waals surface area contributed by atoms with Crippen LogP contribution in [-0.4, -0.2) is 45.0 Å². The van der Waals surface area contributed by atoms with E-state index < -0.39 is 10.0 Å². The van der Waals surface area contributed by atoms with Gasteiger partial charge in [-0.2, -0.15) is 0 Å². The number of carbonyl (C=O) groups excluding carboxylic acids is 1. The number of nitrogens with zero attached hydrogens (tertiary/aromatic N) is 1. The minimum Gasteiger partial charge on any atom is -0.351 e. The lowest BCUT2D eigenvalue weighted by atomic mass is 10.2. The van der Waals surface area contributed by atoms with Gasteiger partial charge in [0.05, 0.1) is 11.3 Å². The highest BCUT2D eigenvalue weighted by molar-refractivity contribution is 14.1. The normalized spacial score (nSPS) is 11.6. The monoisotopic (exact) mass is 416 g/mol. The zero-order chi connectivity index (χ0) is 14.6. The van der Waals surface area contributed by atoms with Gasteiger partial charge in [0, 0.05) is 29.2 Å². The maximum atomic E-state index is 11.9. The number of halogens is 2. The number of amides is 1. The van der Waals surface area contributed by atoms with E-state index in [-0.39, 0.29) is 18.2 Å². The van der Waals surface area contributed by atoms with Crippen LogP contribution in [-0.2, 0) is 10.0 Å². The van der Waals surface area contributed by atoms with Crippen LogP contribution in [0.25, 0.3) is 0 Å². The highest BCUT2D eigenvalue weighted by Gasteiger charge is 2.15. The molecule has 0 aliphatic carbocycles. The summed E-state index contributed by atoms with van der Waals surface area (Å²) in [5.74, 6) is -0.469. The fourth-order valence-corrected chi connectivity index (χ4v) is 2.72. The molecular formula is C11H14ClIN2O3S. The zero-order valence-corrected chi connectivity index (χ0v) is 14.2. The minimum atomic E-state index is -3.30. The molecule has 0 saturated carbocycles. The number of rotatable bonds is 5. The van der Waals surface area contributed by atoms with Gasteiger partial charge in [-0.15, -0.1) is 0 Å². The van der Waals surface area contributed by atoms with Gasteiger partial charge in [0.1, 0.15) is 0 Å². The molecule has 19 heavy (non-hydrogen) atoms. The standard InChI is InChI=1S/C11H14ClIN2O3S/c1-15(2)19(17,18)6-5-14-11(16)9-7-8(12)3-4-10(9)13/h3-4,7H,5-6H2,1-2H3,(H,14,16). The Bertz CT molecular complexity index is 575. The summed E-state index contributed by atoms with van der Waals surface area (Å²) in [6, 6.07) is 4.98. The third-order valence-corrected chi connectivity index (χ3v) is 5.38. The van der Waals surface area contributed by atoms with Crippen molar-refractivity contribution in [2.75, 3.05) is 26.4 Å². The summed E-state index contributed by atoms with van der Waals surface area (Å²) < 4.78 is 24.9. The molecule has 1 amide bonds. The molecule has 0 unspecified atom stereocenters. The van der Waals surface area contributed by atoms with Crippen molar-refractivity contribution in [2.24, 2.45) is 0 Å². The van der Waals surface area contributed by atoms with E-state index in [1.165, 1.54) is 14.1 Å². The van der Waals surface area contributed by atoms with Gasteiger partial charge in [0.2, 0.25) is 10.0 Å². The largest absolute Gasteiger partial charge is 0.351 e. The van der Waals surface area contributed by atoms with E-state index in [0.29, 0.717) is 10.6 Å². The quantitative estimate of drug-likeness (QED) is 0.741. The number of hydrogen-bond acceptors (Lipinski definition) is 3. The molecule has 0 radical (unpaired) electrons. The van der Waals surface area contributed by atoms with Crippen molar-refractivity contribution >= 4 is 50.1 Å². The fraction of sp³-hybridized carbons (Fsp3) is 0.364. The Morgan fingerprint density at radius 3 is 2.63 bits per heavy atom. The summed E-state index contributed by atoms with van der Waals surface area (Å²) >= 11 is 7.85. The minimum absolute atomic E-state index is 0.0575. The first-order chi connectivity index (χ1) is 8.74. The smallest absolute Gasteiger partial charge is 0.252 e. The van der Waals surface area contributed by atoms with Gasteiger partial charge in [0.15, 0.2) is 0 Å². The second-order valence-electron chi connectivity index (χ2n) is 3.98. The molecule has 0 spiro atoms. The van der Waals surface area contributed by atoms with Crippen LogP contribution in [0.1, 0.15) is 10.4 Å². The van der Waals surface area contributed by atoms with Gasteiger partial charge in [-0.1, -0.05) is 11.6 Å². The van der Waals surface area contributed by atoms with E-state index >= 15 is 0 Å². The lowest BCUT2D eigenvalue weighted by Gasteiger charge is -2.12. The average Bonchev–Trinajstić information content (AvgIpc) is 2.31. The first-order valence-corrected chi connectivity index (χ1v) is 8.44. The molecule has 0 bridgehead atoms. The number of sulfonamides is 1. The highest BCUT2D eigenvalue weighted by atomic mass is 127. The summed E-state index contributed by atoms with van der Waals surface area (Å²) in [6.45, 7) is 0.0575. The number of benzene rings is 1. The van der Waals surface area contributed by atoms with Crippen LogP contribution in [0.3, 0.4) is 0 Å². The first kappa shape index (κ1) is 16.7. The Balaban J connectivity index is 2.64. The summed E-state index contributed by atoms with van der Waals surface area (Å²) in [7, 11) is -0.393. The molecule has 5 nitrogen and oxygen atoms in total. The molecule has 1 N–H and O–H groups in total. The van der Waals surface area contributed by atoms with Gasteiger partial charge in [-0.25, -0.2) is 12.7 Å². The third-order valence-electron chi connectivity index (χ3n) is 2.37. The van der Waals surface area contributed by atoms with Gasteiger partial charge in [-0.05, 0) is 40.8 Å². The summed E-state index contributed by atoms with van der Waals surface area (Å²) in [6.07, 6.45) is 0. The topological polar surface area (TPSA) is 66.5 Å². The Labute approximate surface area is 131 Å². The molecule has 106 valence electrons. The highest BCUT2D eigenvalue weighted by Crippen LogP contribution is 2.17. The van der Waals surface area contributed by atoms with Crippen LogP contribution in [0.5, 0.6) is 0 Å². The van der Waals surface area contributed by atoms with Gasteiger partial charge in [-0.3, -0.25) is 4.79 Å². The molecule has 0 aromatic heterocycles. The summed E-state index contributed by atoms with van der Waals surface area (Å²) in [5, 5.41) is 3.03. The molecule has 0 heterocycles. The van der Waals surface area contributed by atoms with Crippen LogP contribution in [0, 0.1) is 3.57 Å². The van der Waals surface area contributed by atoms with E-state index in [4.69, 9.17) is 11.6 Å². The van der Waals surface area contributed by atoms with E-state index in [0.717, 1.165) is 7.88 Å². The molecule has 0 fully saturated rings. The Hall–Kier alpha value is -0.380. The van der Waals surface area contributed by atoms with Crippen molar-refractivity contribution in [1.82, 2.24) is 9.62 Å². The second kappa shape index (κ2) is 6.87. The maximum absolute atomic E-state index is 11.9. The molecule has 0 aliphatic heterocycles. The Morgan fingerprint density at radius 1 is 1.42 bits per heavy atom. The molecular weight excluding hydrogens is 403 g/mol. The average molecular weight is 417 g/mol. The molecule has 0 atom stereocenters. The molecule has 0 saturated heterocycles. The van der Waals surface area contributed by atoms with Crippen LogP contribution < -0.4 is 5.32 Å². The number of hydrogen-bond donors (Lipinski definition) is 1. The lowest BCUT2D eigenvalue weighted by Crippen LogP contribution is -2.34. The van der Waals surface area contributed by atoms with Crippen LogP contribution in [0.2, 0.25) is 5.02 Å². The van der Waals surface area contributed by atoms with E-state index in [9.17, 15) is 13.2 Å². The Morgan fingerprint density at radius 2 is 2.05 bits per heavy atom. The predicted molar refractivity (Wildman–Crippen MR) is 84.0 cm³/mol. The van der Waals surface area contributed by atoms with Crippen molar-refractivity contribution in [3.63, 3.8) is 0 Å². The van der Waals surface area contributed by atoms with Gasteiger partial charge in [0.25, 0.3) is 5.91 Å². The lowest BCUT2D eigenvalue weighted by molar-refractivity contribution is 0.0955.